The number of thiazole rings is 1. The highest BCUT2D eigenvalue weighted by Crippen LogP contribution is 2.38. The topological polar surface area (TPSA) is 74.2 Å². The van der Waals surface area contributed by atoms with Crippen molar-refractivity contribution in [3.63, 3.8) is 0 Å². The number of nitrogens with zero attached hydrogens (tertiary/aromatic N) is 2. The molecular formula is C25H25N3O4S. The summed E-state index contributed by atoms with van der Waals surface area (Å²) < 4.78 is 23.8. The van der Waals surface area contributed by atoms with E-state index in [1.807, 2.05) is 67.6 Å². The zero-order chi connectivity index (χ0) is 23.0. The molecule has 0 saturated heterocycles. The van der Waals surface area contributed by atoms with E-state index in [0.717, 1.165) is 26.7 Å². The molecule has 7 nitrogen and oxygen atoms in total. The third kappa shape index (κ3) is 5.72. The third-order valence-electron chi connectivity index (χ3n) is 4.77. The number of hydrogen-bond acceptors (Lipinski definition) is 8. The van der Waals surface area contributed by atoms with E-state index < -0.39 is 0 Å². The summed E-state index contributed by atoms with van der Waals surface area (Å²) >= 11 is 1.54. The maximum Gasteiger partial charge on any atom is 0.204 e. The minimum absolute atomic E-state index is 0.340. The van der Waals surface area contributed by atoms with Crippen molar-refractivity contribution < 1.29 is 18.9 Å². The first-order valence-electron chi connectivity index (χ1n) is 10.4. The second-order valence-electron chi connectivity index (χ2n) is 7.12. The molecule has 33 heavy (non-hydrogen) atoms. The van der Waals surface area contributed by atoms with Crippen molar-refractivity contribution in [2.75, 3.05) is 32.9 Å². The first kappa shape index (κ1) is 22.4. The zero-order valence-electron chi connectivity index (χ0n) is 18.7. The average Bonchev–Trinajstić information content (AvgIpc) is 3.26. The van der Waals surface area contributed by atoms with Gasteiger partial charge in [0.15, 0.2) is 11.5 Å². The fraction of sp³-hybridized carbons (Fsp3) is 0.200. The molecule has 0 spiro atoms. The van der Waals surface area contributed by atoms with E-state index in [1.54, 1.807) is 31.8 Å². The van der Waals surface area contributed by atoms with E-state index in [2.05, 4.69) is 15.5 Å². The van der Waals surface area contributed by atoms with Crippen molar-refractivity contribution >= 4 is 32.9 Å². The Morgan fingerprint density at radius 1 is 0.939 bits per heavy atom. The maximum atomic E-state index is 5.91. The molecule has 0 amide bonds. The van der Waals surface area contributed by atoms with Crippen LogP contribution in [-0.4, -0.2) is 38.6 Å². The zero-order valence-corrected chi connectivity index (χ0v) is 19.5. The van der Waals surface area contributed by atoms with Crippen molar-refractivity contribution in [3.8, 4) is 23.0 Å². The van der Waals surface area contributed by atoms with Gasteiger partial charge in [-0.15, -0.1) is 0 Å². The molecule has 0 radical (unpaired) electrons. The Hall–Kier alpha value is -3.78. The molecule has 0 fully saturated rings. The second kappa shape index (κ2) is 10.7. The first-order chi connectivity index (χ1) is 16.2. The Balaban J connectivity index is 1.40. The number of para-hydroxylation sites is 1. The van der Waals surface area contributed by atoms with Crippen molar-refractivity contribution in [1.82, 2.24) is 4.98 Å². The standard InChI is InChI=1S/C25H25N3O4S/c1-17-8-10-19(11-9-17)31-12-13-32-24-21(29-2)14-18(15-22(24)30-3)16-26-28-25-27-20-6-4-5-7-23(20)33-25/h4-11,14-16H,12-13H2,1-3H3,(H,27,28)/b26-16+. The highest BCUT2D eigenvalue weighted by Gasteiger charge is 2.14. The number of aryl methyl sites for hydroxylation is 1. The minimum Gasteiger partial charge on any atom is -0.493 e. The normalized spacial score (nSPS) is 11.0. The van der Waals surface area contributed by atoms with Crippen LogP contribution in [0.2, 0.25) is 0 Å². The number of anilines is 1. The number of fused-ring (bicyclic) bond motifs is 1. The summed E-state index contributed by atoms with van der Waals surface area (Å²) in [4.78, 5) is 4.51. The number of hydrogen-bond donors (Lipinski definition) is 1. The number of aromatic nitrogens is 1. The number of nitrogens with one attached hydrogen (secondary N) is 1. The van der Waals surface area contributed by atoms with Crippen LogP contribution in [0.1, 0.15) is 11.1 Å². The maximum absolute atomic E-state index is 5.91. The Bertz CT molecular complexity index is 1180. The Morgan fingerprint density at radius 3 is 2.33 bits per heavy atom. The Morgan fingerprint density at radius 2 is 1.64 bits per heavy atom. The Labute approximate surface area is 196 Å². The molecule has 0 aliphatic carbocycles. The molecule has 0 bridgehead atoms. The second-order valence-corrected chi connectivity index (χ2v) is 8.15. The summed E-state index contributed by atoms with van der Waals surface area (Å²) in [7, 11) is 3.18. The predicted molar refractivity (Wildman–Crippen MR) is 133 cm³/mol. The van der Waals surface area contributed by atoms with Gasteiger partial charge >= 0.3 is 0 Å². The van der Waals surface area contributed by atoms with Gasteiger partial charge in [0.2, 0.25) is 10.9 Å². The van der Waals surface area contributed by atoms with Crippen LogP contribution in [0.3, 0.4) is 0 Å². The summed E-state index contributed by atoms with van der Waals surface area (Å²) in [5.74, 6) is 2.41. The third-order valence-corrected chi connectivity index (χ3v) is 5.71. The van der Waals surface area contributed by atoms with Crippen LogP contribution in [0.25, 0.3) is 10.2 Å². The number of benzene rings is 3. The predicted octanol–water partition coefficient (Wildman–Crippen LogP) is 5.53. The highest BCUT2D eigenvalue weighted by molar-refractivity contribution is 7.22. The molecule has 0 aliphatic heterocycles. The van der Waals surface area contributed by atoms with Crippen LogP contribution in [0.15, 0.2) is 65.8 Å². The lowest BCUT2D eigenvalue weighted by Gasteiger charge is -2.15. The molecule has 0 aliphatic rings. The van der Waals surface area contributed by atoms with Crippen LogP contribution in [0.5, 0.6) is 23.0 Å². The van der Waals surface area contributed by atoms with Gasteiger partial charge in [0.05, 0.1) is 30.7 Å². The first-order valence-corrected chi connectivity index (χ1v) is 11.2. The number of ether oxygens (including phenoxy) is 4. The smallest absolute Gasteiger partial charge is 0.204 e. The number of rotatable bonds is 10. The van der Waals surface area contributed by atoms with E-state index in [0.29, 0.717) is 30.5 Å². The van der Waals surface area contributed by atoms with Gasteiger partial charge in [-0.1, -0.05) is 41.2 Å². The van der Waals surface area contributed by atoms with Gasteiger partial charge in [0, 0.05) is 5.56 Å². The molecule has 4 rings (SSSR count). The number of hydrazone groups is 1. The van der Waals surface area contributed by atoms with Crippen LogP contribution >= 0.6 is 11.3 Å². The van der Waals surface area contributed by atoms with Crippen LogP contribution in [-0.2, 0) is 0 Å². The molecular weight excluding hydrogens is 438 g/mol. The van der Waals surface area contributed by atoms with Gasteiger partial charge in [0.25, 0.3) is 0 Å². The molecule has 1 heterocycles. The van der Waals surface area contributed by atoms with Crippen LogP contribution in [0.4, 0.5) is 5.13 Å². The van der Waals surface area contributed by atoms with Crippen molar-refractivity contribution in [2.24, 2.45) is 5.10 Å². The van der Waals surface area contributed by atoms with Gasteiger partial charge in [-0.25, -0.2) is 4.98 Å². The lowest BCUT2D eigenvalue weighted by molar-refractivity contribution is 0.205. The summed E-state index contributed by atoms with van der Waals surface area (Å²) in [5, 5.41) is 5.03. The summed E-state index contributed by atoms with van der Waals surface area (Å²) in [6.45, 7) is 2.77. The minimum atomic E-state index is 0.340. The molecule has 8 heteroatoms. The average molecular weight is 464 g/mol. The van der Waals surface area contributed by atoms with Crippen LogP contribution in [0, 0.1) is 6.92 Å². The van der Waals surface area contributed by atoms with Gasteiger partial charge in [-0.05, 0) is 43.3 Å². The van der Waals surface area contributed by atoms with E-state index in [4.69, 9.17) is 18.9 Å². The summed E-state index contributed by atoms with van der Waals surface area (Å²) in [5.41, 5.74) is 5.90. The quantitative estimate of drug-likeness (QED) is 0.189. The van der Waals surface area contributed by atoms with Crippen LogP contribution < -0.4 is 24.4 Å². The molecule has 170 valence electrons. The lowest BCUT2D eigenvalue weighted by Crippen LogP contribution is -2.10. The van der Waals surface area contributed by atoms with Gasteiger partial charge in [-0.2, -0.15) is 5.10 Å². The monoisotopic (exact) mass is 463 g/mol. The number of methoxy groups -OCH3 is 2. The van der Waals surface area contributed by atoms with E-state index in [9.17, 15) is 0 Å². The molecule has 0 saturated carbocycles. The van der Waals surface area contributed by atoms with Gasteiger partial charge < -0.3 is 18.9 Å². The van der Waals surface area contributed by atoms with Gasteiger partial charge in [-0.3, -0.25) is 5.43 Å². The highest BCUT2D eigenvalue weighted by atomic mass is 32.1. The summed E-state index contributed by atoms with van der Waals surface area (Å²) in [6.07, 6.45) is 1.68. The fourth-order valence-corrected chi connectivity index (χ4v) is 3.95. The van der Waals surface area contributed by atoms with E-state index in [1.165, 1.54) is 5.56 Å². The Kier molecular flexibility index (Phi) is 7.26. The molecule has 1 aromatic heterocycles. The summed E-state index contributed by atoms with van der Waals surface area (Å²) in [6, 6.07) is 19.5. The lowest BCUT2D eigenvalue weighted by atomic mass is 10.2. The molecule has 0 unspecified atom stereocenters. The molecule has 0 atom stereocenters. The van der Waals surface area contributed by atoms with E-state index >= 15 is 0 Å². The molecule has 4 aromatic rings. The fourth-order valence-electron chi connectivity index (χ4n) is 3.14. The van der Waals surface area contributed by atoms with Crippen molar-refractivity contribution in [1.29, 1.82) is 0 Å². The SMILES string of the molecule is COc1cc(/C=N/Nc2nc3ccccc3s2)cc(OC)c1OCCOc1ccc(C)cc1. The largest absolute Gasteiger partial charge is 0.493 e. The van der Waals surface area contributed by atoms with Crippen molar-refractivity contribution in [2.45, 2.75) is 6.92 Å². The van der Waals surface area contributed by atoms with Gasteiger partial charge in [0.1, 0.15) is 19.0 Å². The van der Waals surface area contributed by atoms with Crippen molar-refractivity contribution in [3.05, 3.63) is 71.8 Å². The molecule has 1 N–H and O–H groups in total. The van der Waals surface area contributed by atoms with E-state index in [-0.39, 0.29) is 0 Å². The molecule has 3 aromatic carbocycles.